The molecule has 116 valence electrons. The maximum absolute atomic E-state index is 12.4. The van der Waals surface area contributed by atoms with Gasteiger partial charge in [-0.1, -0.05) is 30.0 Å². The Morgan fingerprint density at radius 1 is 1.18 bits per heavy atom. The highest BCUT2D eigenvalue weighted by molar-refractivity contribution is 8.00. The third kappa shape index (κ3) is 4.49. The third-order valence-electron chi connectivity index (χ3n) is 2.77. The maximum Gasteiger partial charge on any atom is 0.417 e. The Kier molecular flexibility index (Phi) is 5.07. The molecule has 2 rings (SSSR count). The fourth-order valence-electron chi connectivity index (χ4n) is 1.62. The summed E-state index contributed by atoms with van der Waals surface area (Å²) in [6.45, 7) is 1.67. The first kappa shape index (κ1) is 16.4. The van der Waals surface area contributed by atoms with Crippen LogP contribution in [0.4, 0.5) is 18.9 Å². The number of aromatic nitrogens is 1. The molecule has 0 bridgehead atoms. The van der Waals surface area contributed by atoms with Crippen molar-refractivity contribution in [2.24, 2.45) is 0 Å². The zero-order valence-electron chi connectivity index (χ0n) is 11.6. The second kappa shape index (κ2) is 6.83. The number of alkyl halides is 3. The summed E-state index contributed by atoms with van der Waals surface area (Å²) in [7, 11) is 0. The van der Waals surface area contributed by atoms with Gasteiger partial charge >= 0.3 is 6.18 Å². The molecule has 0 unspecified atom stereocenters. The molecule has 22 heavy (non-hydrogen) atoms. The van der Waals surface area contributed by atoms with Gasteiger partial charge in [-0.3, -0.25) is 4.79 Å². The number of nitrogens with zero attached hydrogens (tertiary/aromatic N) is 1. The van der Waals surface area contributed by atoms with Crippen molar-refractivity contribution >= 4 is 23.4 Å². The molecule has 1 aromatic heterocycles. The molecule has 0 radical (unpaired) electrons. The molecule has 0 aliphatic rings. The van der Waals surface area contributed by atoms with Crippen molar-refractivity contribution in [2.45, 2.75) is 23.4 Å². The zero-order chi connectivity index (χ0) is 16.2. The number of anilines is 1. The number of nitrogens with one attached hydrogen (secondary N) is 1. The summed E-state index contributed by atoms with van der Waals surface area (Å²) in [4.78, 5) is 15.7. The molecule has 0 aliphatic heterocycles. The van der Waals surface area contributed by atoms with E-state index in [1.807, 2.05) is 6.07 Å². The Morgan fingerprint density at radius 2 is 1.86 bits per heavy atom. The minimum absolute atomic E-state index is 0.238. The van der Waals surface area contributed by atoms with Gasteiger partial charge in [0.2, 0.25) is 5.91 Å². The average molecular weight is 326 g/mol. The standard InChI is InChI=1S/C15H13F3N2OS/c1-10(14(21)20-12-5-3-2-4-6-12)22-13-8-7-11(9-19-13)15(16,17)18/h2-10H,1H3,(H,20,21)/t10-/m0/s1. The van der Waals surface area contributed by atoms with E-state index >= 15 is 0 Å². The minimum atomic E-state index is -4.41. The summed E-state index contributed by atoms with van der Waals surface area (Å²) < 4.78 is 37.3. The molecule has 2 aromatic rings. The van der Waals surface area contributed by atoms with Crippen molar-refractivity contribution in [3.05, 3.63) is 54.2 Å². The van der Waals surface area contributed by atoms with Crippen LogP contribution in [0, 0.1) is 0 Å². The molecule has 0 aliphatic carbocycles. The van der Waals surface area contributed by atoms with E-state index in [1.165, 1.54) is 6.07 Å². The molecule has 1 N–H and O–H groups in total. The van der Waals surface area contributed by atoms with E-state index in [0.717, 1.165) is 24.0 Å². The number of amides is 1. The van der Waals surface area contributed by atoms with Crippen molar-refractivity contribution in [2.75, 3.05) is 5.32 Å². The predicted molar refractivity (Wildman–Crippen MR) is 79.6 cm³/mol. The molecule has 0 saturated heterocycles. The number of pyridine rings is 1. The first-order chi connectivity index (χ1) is 10.4. The van der Waals surface area contributed by atoms with Crippen LogP contribution in [0.2, 0.25) is 0 Å². The van der Waals surface area contributed by atoms with E-state index < -0.39 is 17.0 Å². The van der Waals surface area contributed by atoms with Gasteiger partial charge in [0.15, 0.2) is 0 Å². The average Bonchev–Trinajstić information content (AvgIpc) is 2.48. The molecule has 1 aromatic carbocycles. The smallest absolute Gasteiger partial charge is 0.325 e. The summed E-state index contributed by atoms with van der Waals surface area (Å²) in [5, 5.41) is 2.61. The van der Waals surface area contributed by atoms with Crippen LogP contribution in [0.1, 0.15) is 12.5 Å². The van der Waals surface area contributed by atoms with Crippen molar-refractivity contribution in [1.82, 2.24) is 4.98 Å². The number of hydrogen-bond donors (Lipinski definition) is 1. The molecule has 0 saturated carbocycles. The first-order valence-corrected chi connectivity index (χ1v) is 7.30. The lowest BCUT2D eigenvalue weighted by Crippen LogP contribution is -2.22. The molecule has 1 atom stereocenters. The topological polar surface area (TPSA) is 42.0 Å². The van der Waals surface area contributed by atoms with Crippen molar-refractivity contribution in [1.29, 1.82) is 0 Å². The Labute approximate surface area is 129 Å². The lowest BCUT2D eigenvalue weighted by molar-refractivity contribution is -0.137. The molecule has 1 heterocycles. The number of thioether (sulfide) groups is 1. The molecule has 0 fully saturated rings. The highest BCUT2D eigenvalue weighted by Gasteiger charge is 2.30. The highest BCUT2D eigenvalue weighted by Crippen LogP contribution is 2.30. The predicted octanol–water partition coefficient (Wildman–Crippen LogP) is 4.22. The molecule has 3 nitrogen and oxygen atoms in total. The first-order valence-electron chi connectivity index (χ1n) is 6.42. The van der Waals surface area contributed by atoms with Gasteiger partial charge in [0.05, 0.1) is 15.8 Å². The minimum Gasteiger partial charge on any atom is -0.325 e. The van der Waals surface area contributed by atoms with Gasteiger partial charge in [-0.15, -0.1) is 0 Å². The van der Waals surface area contributed by atoms with Gasteiger partial charge in [0, 0.05) is 11.9 Å². The Morgan fingerprint density at radius 3 is 2.41 bits per heavy atom. The zero-order valence-corrected chi connectivity index (χ0v) is 12.4. The highest BCUT2D eigenvalue weighted by atomic mass is 32.2. The summed E-state index contributed by atoms with van der Waals surface area (Å²) in [5.74, 6) is -0.238. The molecule has 1 amide bonds. The fourth-order valence-corrected chi connectivity index (χ4v) is 2.41. The van der Waals surface area contributed by atoms with Crippen molar-refractivity contribution in [3.63, 3.8) is 0 Å². The van der Waals surface area contributed by atoms with E-state index in [1.54, 1.807) is 31.2 Å². The van der Waals surface area contributed by atoms with Crippen LogP contribution in [0.15, 0.2) is 53.7 Å². The maximum atomic E-state index is 12.4. The summed E-state index contributed by atoms with van der Waals surface area (Å²) in [5.41, 5.74) is -0.140. The monoisotopic (exact) mass is 326 g/mol. The SMILES string of the molecule is C[C@H](Sc1ccc(C(F)(F)F)cn1)C(=O)Nc1ccccc1. The summed E-state index contributed by atoms with van der Waals surface area (Å²) in [6, 6.07) is 11.2. The Hall–Kier alpha value is -2.02. The summed E-state index contributed by atoms with van der Waals surface area (Å²) >= 11 is 1.10. The number of carbonyl (C=O) groups is 1. The van der Waals surface area contributed by atoms with Crippen molar-refractivity contribution in [3.8, 4) is 0 Å². The number of rotatable bonds is 4. The van der Waals surface area contributed by atoms with E-state index in [0.29, 0.717) is 10.7 Å². The number of benzene rings is 1. The summed E-state index contributed by atoms with van der Waals surface area (Å²) in [6.07, 6.45) is -3.64. The molecule has 0 spiro atoms. The second-order valence-corrected chi connectivity index (χ2v) is 5.86. The van der Waals surface area contributed by atoms with Gasteiger partial charge in [-0.25, -0.2) is 4.98 Å². The van der Waals surface area contributed by atoms with Crippen LogP contribution in [0.3, 0.4) is 0 Å². The Balaban J connectivity index is 1.96. The Bertz CT molecular complexity index is 629. The van der Waals surface area contributed by atoms with Gasteiger partial charge in [-0.05, 0) is 31.2 Å². The van der Waals surface area contributed by atoms with Gasteiger partial charge in [-0.2, -0.15) is 13.2 Å². The molecule has 7 heteroatoms. The largest absolute Gasteiger partial charge is 0.417 e. The van der Waals surface area contributed by atoms with E-state index in [2.05, 4.69) is 10.3 Å². The number of hydrogen-bond acceptors (Lipinski definition) is 3. The van der Waals surface area contributed by atoms with Crippen LogP contribution in [0.5, 0.6) is 0 Å². The van der Waals surface area contributed by atoms with Crippen LogP contribution in [0.25, 0.3) is 0 Å². The van der Waals surface area contributed by atoms with E-state index in [-0.39, 0.29) is 5.91 Å². The van der Waals surface area contributed by atoms with Crippen LogP contribution >= 0.6 is 11.8 Å². The second-order valence-electron chi connectivity index (χ2n) is 4.50. The number of para-hydroxylation sites is 1. The van der Waals surface area contributed by atoms with E-state index in [9.17, 15) is 18.0 Å². The van der Waals surface area contributed by atoms with Crippen LogP contribution in [-0.2, 0) is 11.0 Å². The van der Waals surface area contributed by atoms with Crippen LogP contribution in [-0.4, -0.2) is 16.1 Å². The van der Waals surface area contributed by atoms with Crippen molar-refractivity contribution < 1.29 is 18.0 Å². The van der Waals surface area contributed by atoms with Gasteiger partial charge in [0.25, 0.3) is 0 Å². The normalized spacial score (nSPS) is 12.7. The molecular weight excluding hydrogens is 313 g/mol. The fraction of sp³-hybridized carbons (Fsp3) is 0.200. The van der Waals surface area contributed by atoms with Gasteiger partial charge in [0.1, 0.15) is 0 Å². The lowest BCUT2D eigenvalue weighted by atomic mass is 10.3. The van der Waals surface area contributed by atoms with Gasteiger partial charge < -0.3 is 5.32 Å². The number of carbonyl (C=O) groups excluding carboxylic acids is 1. The third-order valence-corrected chi connectivity index (χ3v) is 3.82. The molecular formula is C15H13F3N2OS. The lowest BCUT2D eigenvalue weighted by Gasteiger charge is -2.12. The van der Waals surface area contributed by atoms with E-state index in [4.69, 9.17) is 0 Å². The quantitative estimate of drug-likeness (QED) is 0.856. The number of halogens is 3. The van der Waals surface area contributed by atoms with Crippen LogP contribution < -0.4 is 5.32 Å².